The molecule has 3 N–H and O–H groups in total. The number of amidine groups is 2. The number of nitrogens with one attached hydrogen (secondary N) is 3. The van der Waals surface area contributed by atoms with E-state index in [2.05, 4.69) is 71.2 Å². The standard InChI is InChI=1S/C38H35Br2N7O2S2/c1-3-21-41-37-46(33(23-50-37)25-9-15-28(39)16-10-25)44-35(48)27-13-19-30(20-14-27)43-32-8-6-5-7-31(32)36(49)45-47-34(24-51-38(47)42-22-4-2)26-11-17-29(40)18-12-26/h3-20,33-34,43H,1-2,21-24H2,(H,44,48)(H,45,49). The van der Waals surface area contributed by atoms with Crippen molar-refractivity contribution in [3.63, 3.8) is 0 Å². The van der Waals surface area contributed by atoms with Gasteiger partial charge in [-0.25, -0.2) is 0 Å². The van der Waals surface area contributed by atoms with Gasteiger partial charge in [-0.05, 0) is 71.8 Å². The molecule has 0 bridgehead atoms. The number of anilines is 2. The molecule has 4 aromatic carbocycles. The normalized spacial score (nSPS) is 18.5. The van der Waals surface area contributed by atoms with Crippen molar-refractivity contribution in [2.75, 3.05) is 29.9 Å². The van der Waals surface area contributed by atoms with Crippen molar-refractivity contribution in [2.45, 2.75) is 12.1 Å². The van der Waals surface area contributed by atoms with Gasteiger partial charge >= 0.3 is 0 Å². The number of halogens is 2. The summed E-state index contributed by atoms with van der Waals surface area (Å²) >= 11 is 10.2. The summed E-state index contributed by atoms with van der Waals surface area (Å²) in [6.07, 6.45) is 3.47. The molecule has 0 saturated carbocycles. The molecular weight excluding hydrogens is 810 g/mol. The van der Waals surface area contributed by atoms with E-state index in [4.69, 9.17) is 0 Å². The summed E-state index contributed by atoms with van der Waals surface area (Å²) in [7, 11) is 0. The first-order chi connectivity index (χ1) is 24.8. The van der Waals surface area contributed by atoms with Crippen LogP contribution in [0.2, 0.25) is 0 Å². The van der Waals surface area contributed by atoms with E-state index in [1.807, 2.05) is 88.9 Å². The Morgan fingerprint density at radius 3 is 1.71 bits per heavy atom. The third kappa shape index (κ3) is 8.96. The topological polar surface area (TPSA) is 101 Å². The maximum Gasteiger partial charge on any atom is 0.271 e. The van der Waals surface area contributed by atoms with Gasteiger partial charge < -0.3 is 5.32 Å². The first-order valence-electron chi connectivity index (χ1n) is 16.1. The summed E-state index contributed by atoms with van der Waals surface area (Å²) in [5.74, 6) is 0.957. The second kappa shape index (κ2) is 17.3. The van der Waals surface area contributed by atoms with Crippen molar-refractivity contribution in [3.05, 3.63) is 154 Å². The second-order valence-corrected chi connectivity index (χ2v) is 15.3. The minimum Gasteiger partial charge on any atom is -0.355 e. The molecule has 0 aromatic heterocycles. The van der Waals surface area contributed by atoms with Crippen LogP contribution in [-0.4, -0.2) is 56.8 Å². The van der Waals surface area contributed by atoms with Crippen LogP contribution in [0.1, 0.15) is 43.9 Å². The largest absolute Gasteiger partial charge is 0.355 e. The molecule has 0 aliphatic carbocycles. The highest BCUT2D eigenvalue weighted by Gasteiger charge is 2.34. The van der Waals surface area contributed by atoms with Gasteiger partial charge in [0.05, 0.1) is 36.4 Å². The first kappa shape index (κ1) is 36.5. The quantitative estimate of drug-likeness (QED) is 0.123. The molecule has 2 aliphatic rings. The smallest absolute Gasteiger partial charge is 0.271 e. The molecule has 0 radical (unpaired) electrons. The maximum atomic E-state index is 13.8. The SMILES string of the molecule is C=CCN=C1SCC(c2ccc(Br)cc2)N1NC(=O)c1ccc(Nc2ccccc2C(=O)NN2C(=NCC=C)SCC2c2ccc(Br)cc2)cc1. The maximum absolute atomic E-state index is 13.8. The molecule has 6 rings (SSSR count). The van der Waals surface area contributed by atoms with E-state index in [0.29, 0.717) is 29.9 Å². The van der Waals surface area contributed by atoms with Crippen molar-refractivity contribution < 1.29 is 9.59 Å². The predicted octanol–water partition coefficient (Wildman–Crippen LogP) is 8.91. The minimum atomic E-state index is -0.275. The average Bonchev–Trinajstić information content (AvgIpc) is 3.74. The van der Waals surface area contributed by atoms with Gasteiger partial charge in [-0.3, -0.25) is 40.4 Å². The van der Waals surface area contributed by atoms with Crippen LogP contribution in [0, 0.1) is 0 Å². The van der Waals surface area contributed by atoms with Gasteiger partial charge in [-0.1, -0.05) is 104 Å². The van der Waals surface area contributed by atoms with E-state index < -0.39 is 0 Å². The summed E-state index contributed by atoms with van der Waals surface area (Å²) in [4.78, 5) is 36.6. The fraction of sp³-hybridized carbons (Fsp3) is 0.158. The van der Waals surface area contributed by atoms with E-state index in [9.17, 15) is 9.59 Å². The van der Waals surface area contributed by atoms with Gasteiger partial charge in [0.1, 0.15) is 0 Å². The van der Waals surface area contributed by atoms with Crippen molar-refractivity contribution in [2.24, 2.45) is 9.98 Å². The van der Waals surface area contributed by atoms with Gasteiger partial charge in [-0.15, -0.1) is 13.2 Å². The molecule has 2 aliphatic heterocycles. The summed E-state index contributed by atoms with van der Waals surface area (Å²) in [5, 5.41) is 8.51. The molecule has 4 aromatic rings. The predicted molar refractivity (Wildman–Crippen MR) is 218 cm³/mol. The van der Waals surface area contributed by atoms with Crippen molar-refractivity contribution in [1.29, 1.82) is 0 Å². The number of hydrogen-bond acceptors (Lipinski definition) is 7. The fourth-order valence-electron chi connectivity index (χ4n) is 5.50. The Morgan fingerprint density at radius 1 is 0.706 bits per heavy atom. The Balaban J connectivity index is 1.16. The first-order valence-corrected chi connectivity index (χ1v) is 19.6. The third-order valence-electron chi connectivity index (χ3n) is 8.04. The summed E-state index contributed by atoms with van der Waals surface area (Å²) in [6.45, 7) is 8.47. The highest BCUT2D eigenvalue weighted by Crippen LogP contribution is 2.36. The number of rotatable bonds is 12. The summed E-state index contributed by atoms with van der Waals surface area (Å²) < 4.78 is 1.98. The van der Waals surface area contributed by atoms with Gasteiger partial charge in [0.15, 0.2) is 10.3 Å². The number of aliphatic imine (C=N–C) groups is 2. The number of hydrogen-bond donors (Lipinski definition) is 3. The molecule has 2 saturated heterocycles. The number of amides is 2. The molecule has 2 atom stereocenters. The van der Waals surface area contributed by atoms with Crippen molar-refractivity contribution in [3.8, 4) is 0 Å². The molecule has 0 spiro atoms. The van der Waals surface area contributed by atoms with Crippen LogP contribution in [0.3, 0.4) is 0 Å². The van der Waals surface area contributed by atoms with Crippen LogP contribution in [0.5, 0.6) is 0 Å². The number of nitrogens with zero attached hydrogens (tertiary/aromatic N) is 4. The average molecular weight is 846 g/mol. The lowest BCUT2D eigenvalue weighted by molar-refractivity contribution is 0.0842. The number of para-hydroxylation sites is 1. The molecule has 260 valence electrons. The third-order valence-corrected chi connectivity index (χ3v) is 11.2. The van der Waals surface area contributed by atoms with Crippen LogP contribution in [0.15, 0.2) is 141 Å². The van der Waals surface area contributed by atoms with Gasteiger partial charge in [0, 0.05) is 31.7 Å². The highest BCUT2D eigenvalue weighted by molar-refractivity contribution is 9.10. The van der Waals surface area contributed by atoms with Crippen LogP contribution >= 0.6 is 55.4 Å². The second-order valence-electron chi connectivity index (χ2n) is 11.5. The molecular formula is C38H35Br2N7O2S2. The van der Waals surface area contributed by atoms with Gasteiger partial charge in [-0.2, -0.15) is 0 Å². The molecule has 51 heavy (non-hydrogen) atoms. The van der Waals surface area contributed by atoms with Crippen LogP contribution in [-0.2, 0) is 0 Å². The minimum absolute atomic E-state index is 0.0761. The molecule has 13 heteroatoms. The number of benzene rings is 4. The zero-order chi connectivity index (χ0) is 35.7. The van der Waals surface area contributed by atoms with Crippen LogP contribution < -0.4 is 16.2 Å². The molecule has 2 fully saturated rings. The van der Waals surface area contributed by atoms with E-state index in [-0.39, 0.29) is 23.9 Å². The summed E-state index contributed by atoms with van der Waals surface area (Å²) in [5.41, 5.74) is 10.6. The van der Waals surface area contributed by atoms with E-state index in [1.54, 1.807) is 53.9 Å². The van der Waals surface area contributed by atoms with Crippen LogP contribution in [0.4, 0.5) is 11.4 Å². The zero-order valence-electron chi connectivity index (χ0n) is 27.5. The van der Waals surface area contributed by atoms with E-state index >= 15 is 0 Å². The molecule has 9 nitrogen and oxygen atoms in total. The Hall–Kier alpha value is -4.30. The Morgan fingerprint density at radius 2 is 1.20 bits per heavy atom. The number of carbonyl (C=O) groups excluding carboxylic acids is 2. The lowest BCUT2D eigenvalue weighted by atomic mass is 10.1. The lowest BCUT2D eigenvalue weighted by Gasteiger charge is -2.27. The summed E-state index contributed by atoms with van der Waals surface area (Å²) in [6, 6.07) is 30.5. The van der Waals surface area contributed by atoms with Gasteiger partial charge in [0.25, 0.3) is 11.8 Å². The molecule has 2 amide bonds. The van der Waals surface area contributed by atoms with E-state index in [1.165, 1.54) is 0 Å². The fourth-order valence-corrected chi connectivity index (χ4v) is 8.28. The Bertz CT molecular complexity index is 1950. The number of carbonyl (C=O) groups is 2. The van der Waals surface area contributed by atoms with E-state index in [0.717, 1.165) is 47.6 Å². The number of hydrazine groups is 2. The Kier molecular flexibility index (Phi) is 12.4. The number of thioether (sulfide) groups is 2. The van der Waals surface area contributed by atoms with Crippen molar-refractivity contribution >= 4 is 88.9 Å². The lowest BCUT2D eigenvalue weighted by Crippen LogP contribution is -2.44. The monoisotopic (exact) mass is 843 g/mol. The highest BCUT2D eigenvalue weighted by atomic mass is 79.9. The zero-order valence-corrected chi connectivity index (χ0v) is 32.3. The molecule has 2 heterocycles. The Labute approximate surface area is 323 Å². The van der Waals surface area contributed by atoms with Crippen molar-refractivity contribution in [1.82, 2.24) is 20.9 Å². The molecule has 2 unspecified atom stereocenters. The van der Waals surface area contributed by atoms with Crippen LogP contribution in [0.25, 0.3) is 0 Å². The van der Waals surface area contributed by atoms with Gasteiger partial charge in [0.2, 0.25) is 0 Å².